The lowest BCUT2D eigenvalue weighted by atomic mass is 9.97. The number of rotatable bonds is 4. The molecule has 0 saturated heterocycles. The van der Waals surface area contributed by atoms with Crippen LogP contribution in [0.5, 0.6) is 0 Å². The second kappa shape index (κ2) is 5.22. The quantitative estimate of drug-likeness (QED) is 0.499. The van der Waals surface area contributed by atoms with Crippen molar-refractivity contribution < 1.29 is 14.8 Å². The number of aliphatic hydroxyl groups is 1. The Labute approximate surface area is 104 Å². The summed E-state index contributed by atoms with van der Waals surface area (Å²) in [5.41, 5.74) is 0.100. The Balaban J connectivity index is 2.09. The van der Waals surface area contributed by atoms with Gasteiger partial charge in [-0.1, -0.05) is 6.42 Å². The fourth-order valence-corrected chi connectivity index (χ4v) is 2.28. The van der Waals surface area contributed by atoms with Crippen LogP contribution in [0.4, 0.5) is 5.82 Å². The topological polar surface area (TPSA) is 93.3 Å². The second-order valence-electron chi connectivity index (χ2n) is 4.52. The lowest BCUT2D eigenvalue weighted by Crippen LogP contribution is -2.18. The van der Waals surface area contributed by atoms with Crippen LogP contribution in [-0.2, 0) is 0 Å². The zero-order valence-corrected chi connectivity index (χ0v) is 9.78. The summed E-state index contributed by atoms with van der Waals surface area (Å²) in [5.74, 6) is -0.615. The van der Waals surface area contributed by atoms with Crippen LogP contribution in [-0.4, -0.2) is 26.9 Å². The minimum atomic E-state index is -0.624. The van der Waals surface area contributed by atoms with Gasteiger partial charge in [-0.2, -0.15) is 0 Å². The Bertz CT molecular complexity index is 475. The highest BCUT2D eigenvalue weighted by Crippen LogP contribution is 2.29. The monoisotopic (exact) mass is 250 g/mol. The molecule has 6 heteroatoms. The van der Waals surface area contributed by atoms with Crippen LogP contribution >= 0.6 is 0 Å². The molecule has 6 nitrogen and oxygen atoms in total. The number of aromatic nitrogens is 1. The predicted octanol–water partition coefficient (Wildman–Crippen LogP) is 1.72. The van der Waals surface area contributed by atoms with E-state index in [-0.39, 0.29) is 29.6 Å². The molecule has 1 aliphatic rings. The van der Waals surface area contributed by atoms with Crippen LogP contribution in [0.1, 0.15) is 36.2 Å². The molecule has 0 amide bonds. The van der Waals surface area contributed by atoms with E-state index in [0.29, 0.717) is 0 Å². The van der Waals surface area contributed by atoms with E-state index in [9.17, 15) is 20.0 Å². The Kier molecular flexibility index (Phi) is 3.66. The van der Waals surface area contributed by atoms with Crippen LogP contribution in [0, 0.1) is 16.0 Å². The van der Waals surface area contributed by atoms with Gasteiger partial charge in [0.15, 0.2) is 0 Å². The molecule has 0 unspecified atom stereocenters. The van der Waals surface area contributed by atoms with E-state index in [4.69, 9.17) is 0 Å². The molecule has 1 saturated carbocycles. The Hall–Kier alpha value is -1.82. The van der Waals surface area contributed by atoms with E-state index < -0.39 is 11.0 Å². The molecule has 0 aliphatic heterocycles. The number of nitro groups is 1. The minimum absolute atomic E-state index is 0.0430. The number of pyridine rings is 1. The van der Waals surface area contributed by atoms with Gasteiger partial charge >= 0.3 is 5.82 Å². The molecular weight excluding hydrogens is 236 g/mol. The predicted molar refractivity (Wildman–Crippen MR) is 63.2 cm³/mol. The first-order valence-electron chi connectivity index (χ1n) is 5.90. The molecule has 1 N–H and O–H groups in total. The number of aliphatic hydroxyl groups excluding tert-OH is 1. The van der Waals surface area contributed by atoms with E-state index in [1.54, 1.807) is 0 Å². The lowest BCUT2D eigenvalue weighted by Gasteiger charge is -2.11. The highest BCUT2D eigenvalue weighted by atomic mass is 16.6. The van der Waals surface area contributed by atoms with Gasteiger partial charge in [-0.3, -0.25) is 4.79 Å². The second-order valence-corrected chi connectivity index (χ2v) is 4.52. The number of ketones is 1. The number of hydrogen-bond donors (Lipinski definition) is 1. The zero-order valence-electron chi connectivity index (χ0n) is 9.78. The molecule has 96 valence electrons. The molecule has 1 aromatic rings. The first-order valence-corrected chi connectivity index (χ1v) is 5.90. The molecule has 2 atom stereocenters. The third-order valence-electron chi connectivity index (χ3n) is 3.27. The highest BCUT2D eigenvalue weighted by Gasteiger charge is 2.29. The fraction of sp³-hybridized carbons (Fsp3) is 0.500. The summed E-state index contributed by atoms with van der Waals surface area (Å²) in [4.78, 5) is 25.6. The Morgan fingerprint density at radius 2 is 2.28 bits per heavy atom. The van der Waals surface area contributed by atoms with Crippen LogP contribution in [0.25, 0.3) is 0 Å². The van der Waals surface area contributed by atoms with Crippen molar-refractivity contribution in [2.24, 2.45) is 5.92 Å². The smallest absolute Gasteiger partial charge is 0.364 e. The molecule has 2 rings (SSSR count). The molecule has 1 fully saturated rings. The number of carbonyl (C=O) groups is 1. The normalized spacial score (nSPS) is 22.9. The third-order valence-corrected chi connectivity index (χ3v) is 3.27. The SMILES string of the molecule is O=C(C[C@H]1CCC[C@@H]1O)c1cccc([N+](=O)[O-])n1. The summed E-state index contributed by atoms with van der Waals surface area (Å²) in [7, 11) is 0. The van der Waals surface area contributed by atoms with Gasteiger partial charge in [0.05, 0.1) is 6.10 Å². The van der Waals surface area contributed by atoms with Crippen LogP contribution in [0.15, 0.2) is 18.2 Å². The van der Waals surface area contributed by atoms with Crippen molar-refractivity contribution in [3.8, 4) is 0 Å². The summed E-state index contributed by atoms with van der Waals surface area (Å²) in [5, 5.41) is 20.2. The van der Waals surface area contributed by atoms with Crippen molar-refractivity contribution >= 4 is 11.6 Å². The molecule has 0 aromatic carbocycles. The van der Waals surface area contributed by atoms with Crippen LogP contribution in [0.2, 0.25) is 0 Å². The zero-order chi connectivity index (χ0) is 13.1. The number of hydrogen-bond acceptors (Lipinski definition) is 5. The van der Waals surface area contributed by atoms with Gasteiger partial charge in [-0.25, -0.2) is 0 Å². The highest BCUT2D eigenvalue weighted by molar-refractivity contribution is 5.94. The van der Waals surface area contributed by atoms with Crippen molar-refractivity contribution in [3.63, 3.8) is 0 Å². The summed E-state index contributed by atoms with van der Waals surface area (Å²) in [6.07, 6.45) is 2.23. The summed E-state index contributed by atoms with van der Waals surface area (Å²) < 4.78 is 0. The molecule has 0 spiro atoms. The van der Waals surface area contributed by atoms with Crippen LogP contribution in [0.3, 0.4) is 0 Å². The number of carbonyl (C=O) groups excluding carboxylic acids is 1. The molecule has 1 aliphatic carbocycles. The molecule has 1 aromatic heterocycles. The minimum Gasteiger partial charge on any atom is -0.393 e. The number of Topliss-reactive ketones (excluding diaryl/α,β-unsaturated/α-hetero) is 1. The van der Waals surface area contributed by atoms with Gasteiger partial charge in [0, 0.05) is 12.5 Å². The third kappa shape index (κ3) is 2.70. The molecule has 0 bridgehead atoms. The fourth-order valence-electron chi connectivity index (χ4n) is 2.28. The standard InChI is InChI=1S/C12H14N2O4/c15-10-5-1-3-8(10)7-11(16)9-4-2-6-12(13-9)14(17)18/h2,4,6,8,10,15H,1,3,5,7H2/t8-,10+/m1/s1. The van der Waals surface area contributed by atoms with E-state index in [0.717, 1.165) is 19.3 Å². The van der Waals surface area contributed by atoms with E-state index >= 15 is 0 Å². The molecule has 1 heterocycles. The molecule has 0 radical (unpaired) electrons. The van der Waals surface area contributed by atoms with Crippen molar-refractivity contribution in [1.82, 2.24) is 4.98 Å². The summed E-state index contributed by atoms with van der Waals surface area (Å²) in [6.45, 7) is 0. The van der Waals surface area contributed by atoms with Crippen LogP contribution < -0.4 is 0 Å². The van der Waals surface area contributed by atoms with Gasteiger partial charge in [0.1, 0.15) is 0 Å². The van der Waals surface area contributed by atoms with Crippen molar-refractivity contribution in [2.45, 2.75) is 31.8 Å². The van der Waals surface area contributed by atoms with Crippen molar-refractivity contribution in [1.29, 1.82) is 0 Å². The van der Waals surface area contributed by atoms with Gasteiger partial charge in [0.2, 0.25) is 11.5 Å². The van der Waals surface area contributed by atoms with E-state index in [1.807, 2.05) is 0 Å². The molecule has 18 heavy (non-hydrogen) atoms. The summed E-state index contributed by atoms with van der Waals surface area (Å²) >= 11 is 0. The van der Waals surface area contributed by atoms with Gasteiger partial charge in [-0.15, -0.1) is 0 Å². The Morgan fingerprint density at radius 3 is 2.89 bits per heavy atom. The number of nitrogens with zero attached hydrogens (tertiary/aromatic N) is 2. The lowest BCUT2D eigenvalue weighted by molar-refractivity contribution is -0.389. The van der Waals surface area contributed by atoms with Gasteiger partial charge < -0.3 is 15.2 Å². The average Bonchev–Trinajstić information content (AvgIpc) is 2.75. The molecular formula is C12H14N2O4. The largest absolute Gasteiger partial charge is 0.393 e. The van der Waals surface area contributed by atoms with Gasteiger partial charge in [0.25, 0.3) is 0 Å². The van der Waals surface area contributed by atoms with Gasteiger partial charge in [-0.05, 0) is 40.8 Å². The average molecular weight is 250 g/mol. The van der Waals surface area contributed by atoms with Crippen molar-refractivity contribution in [3.05, 3.63) is 34.0 Å². The first-order chi connectivity index (χ1) is 8.58. The van der Waals surface area contributed by atoms with E-state index in [1.165, 1.54) is 18.2 Å². The van der Waals surface area contributed by atoms with E-state index in [2.05, 4.69) is 4.98 Å². The maximum atomic E-state index is 11.9. The first kappa shape index (κ1) is 12.6. The summed E-state index contributed by atoms with van der Waals surface area (Å²) in [6, 6.07) is 4.17. The maximum Gasteiger partial charge on any atom is 0.364 e. The maximum absolute atomic E-state index is 11.9. The van der Waals surface area contributed by atoms with Crippen molar-refractivity contribution in [2.75, 3.05) is 0 Å². The Morgan fingerprint density at radius 1 is 1.50 bits per heavy atom.